The van der Waals surface area contributed by atoms with Crippen molar-refractivity contribution < 1.29 is 0 Å². The van der Waals surface area contributed by atoms with E-state index in [-0.39, 0.29) is 0 Å². The highest BCUT2D eigenvalue weighted by atomic mass is 32.1. The Morgan fingerprint density at radius 2 is 2.12 bits per heavy atom. The number of aryl methyl sites for hydroxylation is 1. The van der Waals surface area contributed by atoms with Crippen molar-refractivity contribution in [3.63, 3.8) is 0 Å². The lowest BCUT2D eigenvalue weighted by Crippen LogP contribution is -1.99. The topological polar surface area (TPSA) is 60.9 Å². The molecule has 3 aromatic heterocycles. The van der Waals surface area contributed by atoms with Crippen LogP contribution in [0, 0.1) is 0 Å². The van der Waals surface area contributed by atoms with Crippen LogP contribution in [0.4, 0.5) is 0 Å². The van der Waals surface area contributed by atoms with Crippen LogP contribution in [-0.2, 0) is 7.05 Å². The first-order valence-corrected chi connectivity index (χ1v) is 6.19. The summed E-state index contributed by atoms with van der Waals surface area (Å²) in [5.41, 5.74) is 0.996. The maximum atomic E-state index is 4.55. The van der Waals surface area contributed by atoms with Gasteiger partial charge in [0.1, 0.15) is 0 Å². The Bertz CT molecular complexity index is 661. The van der Waals surface area contributed by atoms with E-state index in [2.05, 4.69) is 34.2 Å². The van der Waals surface area contributed by atoms with Gasteiger partial charge in [-0.25, -0.2) is 0 Å². The van der Waals surface area contributed by atoms with Crippen molar-refractivity contribution in [3.8, 4) is 10.7 Å². The first-order valence-electron chi connectivity index (χ1n) is 5.37. The average Bonchev–Trinajstić information content (AvgIpc) is 2.89. The molecule has 0 saturated carbocycles. The largest absolute Gasteiger partial charge is 0.265 e. The summed E-state index contributed by atoms with van der Waals surface area (Å²) in [5.74, 6) is 1.20. The maximum absolute atomic E-state index is 4.55. The molecular formula is C10H12N6S. The molecule has 0 N–H and O–H groups in total. The Kier molecular flexibility index (Phi) is 2.22. The van der Waals surface area contributed by atoms with Crippen LogP contribution in [0.3, 0.4) is 0 Å². The number of fused-ring (bicyclic) bond motifs is 1. The van der Waals surface area contributed by atoms with Crippen molar-refractivity contribution in [2.75, 3.05) is 0 Å². The standard InChI is InChI=1S/C10H12N6S/c1-6(2)8-12-13-10-16(8)14-9(17-10)7-4-5-11-15(7)3/h4-6H,1-3H3. The summed E-state index contributed by atoms with van der Waals surface area (Å²) in [6.45, 7) is 4.17. The van der Waals surface area contributed by atoms with Gasteiger partial charge in [-0.15, -0.1) is 10.2 Å². The van der Waals surface area contributed by atoms with Gasteiger partial charge in [0.05, 0.1) is 5.69 Å². The van der Waals surface area contributed by atoms with E-state index in [1.54, 1.807) is 10.9 Å². The second-order valence-corrected chi connectivity index (χ2v) is 5.11. The van der Waals surface area contributed by atoms with Crippen molar-refractivity contribution in [2.45, 2.75) is 19.8 Å². The Morgan fingerprint density at radius 3 is 2.76 bits per heavy atom. The van der Waals surface area contributed by atoms with Gasteiger partial charge in [0.25, 0.3) is 0 Å². The third-order valence-electron chi connectivity index (χ3n) is 2.57. The zero-order chi connectivity index (χ0) is 12.0. The van der Waals surface area contributed by atoms with E-state index in [1.165, 1.54) is 11.3 Å². The summed E-state index contributed by atoms with van der Waals surface area (Å²) < 4.78 is 3.62. The normalized spacial score (nSPS) is 11.8. The molecule has 0 spiro atoms. The van der Waals surface area contributed by atoms with Crippen LogP contribution in [0.25, 0.3) is 15.7 Å². The molecule has 0 amide bonds. The third-order valence-corrected chi connectivity index (χ3v) is 3.49. The zero-order valence-corrected chi connectivity index (χ0v) is 10.6. The Balaban J connectivity index is 2.18. The van der Waals surface area contributed by atoms with Gasteiger partial charge in [-0.05, 0) is 6.07 Å². The van der Waals surface area contributed by atoms with E-state index >= 15 is 0 Å². The molecule has 0 atom stereocenters. The maximum Gasteiger partial charge on any atom is 0.235 e. The van der Waals surface area contributed by atoms with E-state index in [0.29, 0.717) is 5.92 Å². The van der Waals surface area contributed by atoms with Crippen molar-refractivity contribution in [1.82, 2.24) is 29.6 Å². The molecule has 0 fully saturated rings. The Hall–Kier alpha value is -1.76. The van der Waals surface area contributed by atoms with Gasteiger partial charge in [-0.1, -0.05) is 25.2 Å². The second kappa shape index (κ2) is 3.63. The summed E-state index contributed by atoms with van der Waals surface area (Å²) >= 11 is 1.52. The monoisotopic (exact) mass is 248 g/mol. The smallest absolute Gasteiger partial charge is 0.235 e. The highest BCUT2D eigenvalue weighted by Gasteiger charge is 2.16. The summed E-state index contributed by atoms with van der Waals surface area (Å²) in [4.78, 5) is 0.824. The third kappa shape index (κ3) is 1.54. The molecule has 0 aliphatic heterocycles. The Morgan fingerprint density at radius 1 is 1.29 bits per heavy atom. The van der Waals surface area contributed by atoms with Crippen LogP contribution in [0.5, 0.6) is 0 Å². The summed E-state index contributed by atoms with van der Waals surface area (Å²) in [7, 11) is 1.90. The van der Waals surface area contributed by atoms with Crippen molar-refractivity contribution in [3.05, 3.63) is 18.1 Å². The van der Waals surface area contributed by atoms with Crippen LogP contribution in [0.2, 0.25) is 0 Å². The summed E-state index contributed by atoms with van der Waals surface area (Å²) in [6, 6.07) is 1.95. The molecule has 0 aliphatic carbocycles. The van der Waals surface area contributed by atoms with Crippen LogP contribution in [0.1, 0.15) is 25.6 Å². The second-order valence-electron chi connectivity index (χ2n) is 4.15. The number of rotatable bonds is 2. The molecule has 0 radical (unpaired) electrons. The highest BCUT2D eigenvalue weighted by molar-refractivity contribution is 7.19. The molecule has 6 nitrogen and oxygen atoms in total. The van der Waals surface area contributed by atoms with Gasteiger partial charge in [0.15, 0.2) is 10.8 Å². The van der Waals surface area contributed by atoms with Gasteiger partial charge in [-0.2, -0.15) is 14.7 Å². The minimum atomic E-state index is 0.312. The number of nitrogens with zero attached hydrogens (tertiary/aromatic N) is 6. The number of hydrogen-bond acceptors (Lipinski definition) is 5. The van der Waals surface area contributed by atoms with E-state index in [1.807, 2.05) is 17.6 Å². The lowest BCUT2D eigenvalue weighted by molar-refractivity contribution is 0.723. The van der Waals surface area contributed by atoms with E-state index in [9.17, 15) is 0 Å². The van der Waals surface area contributed by atoms with Gasteiger partial charge in [0.2, 0.25) is 4.96 Å². The molecule has 3 heterocycles. The molecule has 0 bridgehead atoms. The minimum absolute atomic E-state index is 0.312. The lowest BCUT2D eigenvalue weighted by atomic mass is 10.2. The molecule has 0 saturated heterocycles. The van der Waals surface area contributed by atoms with Crippen LogP contribution in [0.15, 0.2) is 12.3 Å². The first-order chi connectivity index (χ1) is 8.16. The lowest BCUT2D eigenvalue weighted by Gasteiger charge is -1.98. The zero-order valence-electron chi connectivity index (χ0n) is 9.82. The predicted octanol–water partition coefficient (Wildman–Crippen LogP) is 1.71. The minimum Gasteiger partial charge on any atom is -0.265 e. The molecule has 88 valence electrons. The molecule has 7 heteroatoms. The first kappa shape index (κ1) is 10.4. The van der Waals surface area contributed by atoms with Crippen molar-refractivity contribution >= 4 is 16.3 Å². The fourth-order valence-electron chi connectivity index (χ4n) is 1.68. The molecule has 17 heavy (non-hydrogen) atoms. The fourth-order valence-corrected chi connectivity index (χ4v) is 2.58. The van der Waals surface area contributed by atoms with Crippen molar-refractivity contribution in [2.24, 2.45) is 7.05 Å². The SMILES string of the molecule is CC(C)c1nnc2sc(-c3ccnn3C)nn12. The van der Waals surface area contributed by atoms with E-state index in [4.69, 9.17) is 0 Å². The molecule has 3 aromatic rings. The summed E-state index contributed by atoms with van der Waals surface area (Å²) in [6.07, 6.45) is 1.76. The van der Waals surface area contributed by atoms with Crippen molar-refractivity contribution in [1.29, 1.82) is 0 Å². The predicted molar refractivity (Wildman–Crippen MR) is 65.0 cm³/mol. The Labute approximate surface area is 102 Å². The van der Waals surface area contributed by atoms with Crippen LogP contribution >= 0.6 is 11.3 Å². The van der Waals surface area contributed by atoms with Gasteiger partial charge in [-0.3, -0.25) is 4.68 Å². The van der Waals surface area contributed by atoms with Crippen LogP contribution in [-0.4, -0.2) is 29.6 Å². The molecular weight excluding hydrogens is 236 g/mol. The molecule has 0 aromatic carbocycles. The number of hydrogen-bond donors (Lipinski definition) is 0. The number of aromatic nitrogens is 6. The highest BCUT2D eigenvalue weighted by Crippen LogP contribution is 2.25. The fraction of sp³-hybridized carbons (Fsp3) is 0.400. The van der Waals surface area contributed by atoms with Crippen LogP contribution < -0.4 is 0 Å². The average molecular weight is 248 g/mol. The summed E-state index contributed by atoms with van der Waals surface area (Å²) in [5, 5.41) is 17.9. The van der Waals surface area contributed by atoms with Gasteiger partial charge < -0.3 is 0 Å². The van der Waals surface area contributed by atoms with E-state index in [0.717, 1.165) is 21.5 Å². The van der Waals surface area contributed by atoms with Gasteiger partial charge in [0, 0.05) is 19.2 Å². The molecule has 3 rings (SSSR count). The quantitative estimate of drug-likeness (QED) is 0.692. The van der Waals surface area contributed by atoms with Gasteiger partial charge >= 0.3 is 0 Å². The molecule has 0 unspecified atom stereocenters. The van der Waals surface area contributed by atoms with E-state index < -0.39 is 0 Å². The molecule has 0 aliphatic rings.